The maximum absolute atomic E-state index is 13.2. The van der Waals surface area contributed by atoms with Crippen molar-refractivity contribution in [3.63, 3.8) is 0 Å². The molecule has 1 fully saturated rings. The lowest BCUT2D eigenvalue weighted by molar-refractivity contribution is 0.229. The van der Waals surface area contributed by atoms with Gasteiger partial charge in [-0.05, 0) is 31.2 Å². The van der Waals surface area contributed by atoms with Crippen LogP contribution in [0.25, 0.3) is 0 Å². The molecule has 2 rings (SSSR count). The Kier molecular flexibility index (Phi) is 5.24. The predicted octanol–water partition coefficient (Wildman–Crippen LogP) is 1.52. The van der Waals surface area contributed by atoms with E-state index in [0.29, 0.717) is 0 Å². The Labute approximate surface area is 113 Å². The standard InChI is InChI=1S/C14H21F2N3/c1-17-14(4-7-19-8-5-18-6-9-19)11-2-3-12(15)13(16)10-11/h2-3,10,14,17-18H,4-9H2,1H3. The van der Waals surface area contributed by atoms with Crippen molar-refractivity contribution in [1.82, 2.24) is 15.5 Å². The van der Waals surface area contributed by atoms with Gasteiger partial charge in [0.15, 0.2) is 11.6 Å². The molecule has 0 saturated carbocycles. The van der Waals surface area contributed by atoms with Gasteiger partial charge in [0.1, 0.15) is 0 Å². The van der Waals surface area contributed by atoms with Crippen LogP contribution in [-0.4, -0.2) is 44.7 Å². The third-order valence-corrected chi connectivity index (χ3v) is 3.64. The van der Waals surface area contributed by atoms with Gasteiger partial charge in [-0.25, -0.2) is 8.78 Å². The van der Waals surface area contributed by atoms with E-state index in [1.54, 1.807) is 6.07 Å². The van der Waals surface area contributed by atoms with Gasteiger partial charge in [-0.15, -0.1) is 0 Å². The van der Waals surface area contributed by atoms with E-state index in [-0.39, 0.29) is 6.04 Å². The van der Waals surface area contributed by atoms with Crippen LogP contribution in [0.4, 0.5) is 8.78 Å². The minimum absolute atomic E-state index is 0.0602. The van der Waals surface area contributed by atoms with E-state index in [0.717, 1.165) is 44.7 Å². The Morgan fingerprint density at radius 1 is 1.26 bits per heavy atom. The van der Waals surface area contributed by atoms with Crippen LogP contribution in [0.5, 0.6) is 0 Å². The Hall–Kier alpha value is -1.04. The highest BCUT2D eigenvalue weighted by Gasteiger charge is 2.15. The third kappa shape index (κ3) is 3.96. The molecule has 3 nitrogen and oxygen atoms in total. The maximum atomic E-state index is 13.2. The van der Waals surface area contributed by atoms with Crippen LogP contribution in [0, 0.1) is 11.6 Å². The predicted molar refractivity (Wildman–Crippen MR) is 72.1 cm³/mol. The van der Waals surface area contributed by atoms with Crippen LogP contribution in [-0.2, 0) is 0 Å². The Morgan fingerprint density at radius 3 is 2.63 bits per heavy atom. The fourth-order valence-electron chi connectivity index (χ4n) is 2.45. The molecule has 1 atom stereocenters. The summed E-state index contributed by atoms with van der Waals surface area (Å²) in [7, 11) is 1.85. The molecule has 2 N–H and O–H groups in total. The highest BCUT2D eigenvalue weighted by Crippen LogP contribution is 2.19. The summed E-state index contributed by atoms with van der Waals surface area (Å²) in [5.41, 5.74) is 0.802. The summed E-state index contributed by atoms with van der Waals surface area (Å²) in [6, 6.07) is 4.19. The van der Waals surface area contributed by atoms with Gasteiger partial charge in [0.05, 0.1) is 0 Å². The van der Waals surface area contributed by atoms with Gasteiger partial charge >= 0.3 is 0 Å². The first-order valence-electron chi connectivity index (χ1n) is 6.76. The molecule has 0 aromatic heterocycles. The van der Waals surface area contributed by atoms with E-state index in [9.17, 15) is 8.78 Å². The second kappa shape index (κ2) is 6.93. The number of hydrogen-bond acceptors (Lipinski definition) is 3. The lowest BCUT2D eigenvalue weighted by Crippen LogP contribution is -2.44. The fourth-order valence-corrected chi connectivity index (χ4v) is 2.45. The van der Waals surface area contributed by atoms with Crippen molar-refractivity contribution in [2.24, 2.45) is 0 Å². The monoisotopic (exact) mass is 269 g/mol. The summed E-state index contributed by atoms with van der Waals surface area (Å²) < 4.78 is 26.2. The summed E-state index contributed by atoms with van der Waals surface area (Å²) in [5, 5.41) is 6.49. The number of halogens is 2. The maximum Gasteiger partial charge on any atom is 0.159 e. The normalized spacial score (nSPS) is 18.5. The number of piperazine rings is 1. The topological polar surface area (TPSA) is 27.3 Å². The van der Waals surface area contributed by atoms with Gasteiger partial charge < -0.3 is 15.5 Å². The van der Waals surface area contributed by atoms with Crippen molar-refractivity contribution in [3.8, 4) is 0 Å². The molecule has 1 aliphatic heterocycles. The van der Waals surface area contributed by atoms with Gasteiger partial charge in [0.2, 0.25) is 0 Å². The molecule has 0 spiro atoms. The molecule has 1 saturated heterocycles. The zero-order valence-electron chi connectivity index (χ0n) is 11.3. The van der Waals surface area contributed by atoms with Crippen molar-refractivity contribution in [2.75, 3.05) is 39.8 Å². The van der Waals surface area contributed by atoms with Crippen LogP contribution >= 0.6 is 0 Å². The van der Waals surface area contributed by atoms with Crippen LogP contribution in [0.1, 0.15) is 18.0 Å². The van der Waals surface area contributed by atoms with Crippen molar-refractivity contribution < 1.29 is 8.78 Å². The van der Waals surface area contributed by atoms with E-state index in [1.807, 2.05) is 7.05 Å². The smallest absolute Gasteiger partial charge is 0.159 e. The quantitative estimate of drug-likeness (QED) is 0.848. The van der Waals surface area contributed by atoms with Gasteiger partial charge in [-0.1, -0.05) is 6.07 Å². The van der Waals surface area contributed by atoms with E-state index < -0.39 is 11.6 Å². The lowest BCUT2D eigenvalue weighted by atomic mass is 10.0. The molecule has 0 aliphatic carbocycles. The molecule has 1 aromatic rings. The number of benzene rings is 1. The summed E-state index contributed by atoms with van der Waals surface area (Å²) in [5.74, 6) is -1.57. The molecule has 5 heteroatoms. The van der Waals surface area contributed by atoms with E-state index in [4.69, 9.17) is 0 Å². The minimum Gasteiger partial charge on any atom is -0.314 e. The first-order chi connectivity index (χ1) is 9.20. The van der Waals surface area contributed by atoms with Crippen molar-refractivity contribution in [3.05, 3.63) is 35.4 Å². The minimum atomic E-state index is -0.791. The van der Waals surface area contributed by atoms with Crippen molar-refractivity contribution >= 4 is 0 Å². The molecular weight excluding hydrogens is 248 g/mol. The largest absolute Gasteiger partial charge is 0.314 e. The van der Waals surface area contributed by atoms with Crippen molar-refractivity contribution in [1.29, 1.82) is 0 Å². The zero-order chi connectivity index (χ0) is 13.7. The van der Waals surface area contributed by atoms with Crippen LogP contribution in [0.3, 0.4) is 0 Å². The summed E-state index contributed by atoms with van der Waals surface area (Å²) in [6.07, 6.45) is 0.890. The number of rotatable bonds is 5. The average Bonchev–Trinajstić information content (AvgIpc) is 2.44. The molecule has 1 aliphatic rings. The van der Waals surface area contributed by atoms with Crippen LogP contribution in [0.15, 0.2) is 18.2 Å². The average molecular weight is 269 g/mol. The fraction of sp³-hybridized carbons (Fsp3) is 0.571. The highest BCUT2D eigenvalue weighted by atomic mass is 19.2. The summed E-state index contributed by atoms with van der Waals surface area (Å²) >= 11 is 0. The van der Waals surface area contributed by atoms with E-state index in [1.165, 1.54) is 12.1 Å². The molecule has 0 amide bonds. The van der Waals surface area contributed by atoms with E-state index in [2.05, 4.69) is 15.5 Å². The first kappa shape index (κ1) is 14.4. The van der Waals surface area contributed by atoms with Crippen molar-refractivity contribution in [2.45, 2.75) is 12.5 Å². The summed E-state index contributed by atoms with van der Waals surface area (Å²) in [4.78, 5) is 2.39. The molecule has 1 unspecified atom stereocenters. The second-order valence-corrected chi connectivity index (χ2v) is 4.90. The van der Waals surface area contributed by atoms with Gasteiger partial charge in [0.25, 0.3) is 0 Å². The Bertz CT molecular complexity index is 406. The molecule has 106 valence electrons. The van der Waals surface area contributed by atoms with Gasteiger partial charge in [-0.3, -0.25) is 0 Å². The molecular formula is C14H21F2N3. The molecule has 0 bridgehead atoms. The zero-order valence-corrected chi connectivity index (χ0v) is 11.3. The lowest BCUT2D eigenvalue weighted by Gasteiger charge is -2.29. The van der Waals surface area contributed by atoms with Crippen LogP contribution in [0.2, 0.25) is 0 Å². The second-order valence-electron chi connectivity index (χ2n) is 4.90. The molecule has 1 aromatic carbocycles. The van der Waals surface area contributed by atoms with E-state index >= 15 is 0 Å². The highest BCUT2D eigenvalue weighted by molar-refractivity contribution is 5.21. The SMILES string of the molecule is CNC(CCN1CCNCC1)c1ccc(F)c(F)c1. The van der Waals surface area contributed by atoms with Crippen LogP contribution < -0.4 is 10.6 Å². The Balaban J connectivity index is 1.93. The Morgan fingerprint density at radius 2 is 2.00 bits per heavy atom. The first-order valence-corrected chi connectivity index (χ1v) is 6.76. The molecule has 0 radical (unpaired) electrons. The number of nitrogens with zero attached hydrogens (tertiary/aromatic N) is 1. The van der Waals surface area contributed by atoms with Gasteiger partial charge in [-0.2, -0.15) is 0 Å². The number of hydrogen-bond donors (Lipinski definition) is 2. The van der Waals surface area contributed by atoms with Gasteiger partial charge in [0, 0.05) is 38.8 Å². The molecule has 19 heavy (non-hydrogen) atoms. The molecule has 1 heterocycles. The number of nitrogens with one attached hydrogen (secondary N) is 2. The summed E-state index contributed by atoms with van der Waals surface area (Å²) in [6.45, 7) is 5.11. The third-order valence-electron chi connectivity index (χ3n) is 3.64.